The molecular formula is C17H18N2O3. The molecule has 22 heavy (non-hydrogen) atoms. The number of fused-ring (bicyclic) bond motifs is 1. The Labute approximate surface area is 128 Å². The van der Waals surface area contributed by atoms with E-state index in [0.717, 1.165) is 29.9 Å². The highest BCUT2D eigenvalue weighted by Gasteiger charge is 2.51. The van der Waals surface area contributed by atoms with Crippen LogP contribution in [0.4, 0.5) is 0 Å². The predicted molar refractivity (Wildman–Crippen MR) is 79.8 cm³/mol. The highest BCUT2D eigenvalue weighted by Crippen LogP contribution is 2.47. The molecule has 1 aromatic carbocycles. The van der Waals surface area contributed by atoms with Crippen LogP contribution in [0.5, 0.6) is 0 Å². The number of carbonyl (C=O) groups is 1. The molecule has 1 saturated carbocycles. The number of rotatable bonds is 3. The first-order valence-corrected chi connectivity index (χ1v) is 7.66. The molecule has 2 aliphatic rings. The van der Waals surface area contributed by atoms with Gasteiger partial charge in [-0.25, -0.2) is 4.98 Å². The van der Waals surface area contributed by atoms with Crippen molar-refractivity contribution in [2.24, 2.45) is 5.41 Å². The van der Waals surface area contributed by atoms with Crippen molar-refractivity contribution in [2.75, 3.05) is 13.2 Å². The number of carbonyl (C=O) groups excluding carboxylic acids is 1. The summed E-state index contributed by atoms with van der Waals surface area (Å²) in [4.78, 5) is 18.9. The van der Waals surface area contributed by atoms with Crippen LogP contribution in [-0.4, -0.2) is 34.0 Å². The van der Waals surface area contributed by atoms with E-state index in [-0.39, 0.29) is 12.5 Å². The van der Waals surface area contributed by atoms with Crippen molar-refractivity contribution in [2.45, 2.75) is 25.8 Å². The van der Waals surface area contributed by atoms with Gasteiger partial charge in [-0.1, -0.05) is 18.2 Å². The second-order valence-corrected chi connectivity index (χ2v) is 6.17. The molecule has 1 N–H and O–H groups in total. The van der Waals surface area contributed by atoms with Crippen LogP contribution in [0.3, 0.4) is 0 Å². The van der Waals surface area contributed by atoms with E-state index >= 15 is 0 Å². The van der Waals surface area contributed by atoms with Crippen molar-refractivity contribution in [3.63, 3.8) is 0 Å². The summed E-state index contributed by atoms with van der Waals surface area (Å²) in [5.41, 5.74) is 1.28. The van der Waals surface area contributed by atoms with Gasteiger partial charge in [0.2, 0.25) is 11.8 Å². The van der Waals surface area contributed by atoms with Gasteiger partial charge in [0.1, 0.15) is 11.5 Å². The molecule has 5 nitrogen and oxygen atoms in total. The molecule has 0 spiro atoms. The molecule has 0 saturated heterocycles. The predicted octanol–water partition coefficient (Wildman–Crippen LogP) is 2.00. The lowest BCUT2D eigenvalue weighted by molar-refractivity contribution is -0.139. The van der Waals surface area contributed by atoms with Gasteiger partial charge in [0.05, 0.1) is 18.6 Å². The highest BCUT2D eigenvalue weighted by atomic mass is 16.4. The third kappa shape index (κ3) is 2.13. The monoisotopic (exact) mass is 298 g/mol. The second-order valence-electron chi connectivity index (χ2n) is 6.17. The molecule has 0 bridgehead atoms. The quantitative estimate of drug-likeness (QED) is 0.941. The van der Waals surface area contributed by atoms with Gasteiger partial charge in [0.25, 0.3) is 0 Å². The SMILES string of the molecule is O=C(N1CCc2oc(-c3ccccc3)nc2C1)C1(CO)CC1. The van der Waals surface area contributed by atoms with E-state index < -0.39 is 5.41 Å². The number of benzene rings is 1. The van der Waals surface area contributed by atoms with Crippen molar-refractivity contribution in [1.29, 1.82) is 0 Å². The lowest BCUT2D eigenvalue weighted by Gasteiger charge is -2.28. The lowest BCUT2D eigenvalue weighted by atomic mass is 10.0. The van der Waals surface area contributed by atoms with Crippen molar-refractivity contribution < 1.29 is 14.3 Å². The van der Waals surface area contributed by atoms with Gasteiger partial charge in [0.15, 0.2) is 0 Å². The van der Waals surface area contributed by atoms with E-state index in [0.29, 0.717) is 25.4 Å². The van der Waals surface area contributed by atoms with Crippen LogP contribution in [0.1, 0.15) is 24.3 Å². The molecule has 5 heteroatoms. The summed E-state index contributed by atoms with van der Waals surface area (Å²) in [5.74, 6) is 1.55. The topological polar surface area (TPSA) is 66.6 Å². The zero-order valence-electron chi connectivity index (χ0n) is 12.3. The number of aromatic nitrogens is 1. The fraction of sp³-hybridized carbons (Fsp3) is 0.412. The van der Waals surface area contributed by atoms with Crippen molar-refractivity contribution in [3.8, 4) is 11.5 Å². The molecule has 1 amide bonds. The second kappa shape index (κ2) is 4.95. The number of aliphatic hydroxyl groups is 1. The Hall–Kier alpha value is -2.14. The minimum atomic E-state index is -0.510. The maximum absolute atomic E-state index is 12.5. The van der Waals surface area contributed by atoms with E-state index in [1.165, 1.54) is 0 Å². The normalized spacial score (nSPS) is 18.9. The van der Waals surface area contributed by atoms with Gasteiger partial charge >= 0.3 is 0 Å². The Kier molecular flexibility index (Phi) is 3.04. The summed E-state index contributed by atoms with van der Waals surface area (Å²) in [6.07, 6.45) is 2.27. The van der Waals surface area contributed by atoms with E-state index in [1.54, 1.807) is 0 Å². The molecule has 2 aromatic rings. The molecular weight excluding hydrogens is 280 g/mol. The Morgan fingerprint density at radius 3 is 2.77 bits per heavy atom. The van der Waals surface area contributed by atoms with E-state index in [1.807, 2.05) is 35.2 Å². The summed E-state index contributed by atoms with van der Waals surface area (Å²) in [6.45, 7) is 1.06. The first-order chi connectivity index (χ1) is 10.7. The minimum Gasteiger partial charge on any atom is -0.441 e. The molecule has 4 rings (SSSR count). The van der Waals surface area contributed by atoms with Crippen molar-refractivity contribution >= 4 is 5.91 Å². The van der Waals surface area contributed by atoms with Crippen LogP contribution < -0.4 is 0 Å². The van der Waals surface area contributed by atoms with E-state index in [2.05, 4.69) is 4.98 Å². The van der Waals surface area contributed by atoms with Crippen LogP contribution in [-0.2, 0) is 17.8 Å². The maximum Gasteiger partial charge on any atom is 0.231 e. The third-order valence-corrected chi connectivity index (χ3v) is 4.65. The molecule has 0 atom stereocenters. The van der Waals surface area contributed by atoms with Gasteiger partial charge in [-0.05, 0) is 25.0 Å². The minimum absolute atomic E-state index is 0.0523. The summed E-state index contributed by atoms with van der Waals surface area (Å²) < 4.78 is 5.85. The fourth-order valence-electron chi connectivity index (χ4n) is 3.00. The zero-order chi connectivity index (χ0) is 15.2. The van der Waals surface area contributed by atoms with Crippen LogP contribution >= 0.6 is 0 Å². The molecule has 0 unspecified atom stereocenters. The fourth-order valence-corrected chi connectivity index (χ4v) is 3.00. The van der Waals surface area contributed by atoms with Gasteiger partial charge in [-0.2, -0.15) is 0 Å². The molecule has 0 radical (unpaired) electrons. The summed E-state index contributed by atoms with van der Waals surface area (Å²) in [7, 11) is 0. The Morgan fingerprint density at radius 2 is 2.09 bits per heavy atom. The van der Waals surface area contributed by atoms with Crippen LogP contribution in [0, 0.1) is 5.41 Å². The molecule has 1 aliphatic heterocycles. The van der Waals surface area contributed by atoms with Crippen LogP contribution in [0.15, 0.2) is 34.7 Å². The molecule has 2 heterocycles. The van der Waals surface area contributed by atoms with E-state index in [4.69, 9.17) is 4.42 Å². The van der Waals surface area contributed by atoms with Crippen LogP contribution in [0.2, 0.25) is 0 Å². The van der Waals surface area contributed by atoms with Crippen molar-refractivity contribution in [3.05, 3.63) is 41.8 Å². The van der Waals surface area contributed by atoms with Gasteiger partial charge in [0, 0.05) is 18.5 Å². The maximum atomic E-state index is 12.5. The Bertz CT molecular complexity index is 704. The Balaban J connectivity index is 1.57. The first-order valence-electron chi connectivity index (χ1n) is 7.66. The molecule has 114 valence electrons. The molecule has 1 aromatic heterocycles. The smallest absolute Gasteiger partial charge is 0.231 e. The first kappa shape index (κ1) is 13.5. The van der Waals surface area contributed by atoms with E-state index in [9.17, 15) is 9.90 Å². The Morgan fingerprint density at radius 1 is 1.32 bits per heavy atom. The number of amides is 1. The summed E-state index contributed by atoms with van der Waals surface area (Å²) >= 11 is 0. The average Bonchev–Trinajstić information content (AvgIpc) is 3.26. The van der Waals surface area contributed by atoms with Crippen LogP contribution in [0.25, 0.3) is 11.5 Å². The number of oxazole rings is 1. The van der Waals surface area contributed by atoms with Gasteiger partial charge in [-0.3, -0.25) is 4.79 Å². The highest BCUT2D eigenvalue weighted by molar-refractivity contribution is 5.85. The zero-order valence-corrected chi connectivity index (χ0v) is 12.3. The van der Waals surface area contributed by atoms with Gasteiger partial charge in [-0.15, -0.1) is 0 Å². The number of hydrogen-bond acceptors (Lipinski definition) is 4. The summed E-state index contributed by atoms with van der Waals surface area (Å²) in [6, 6.07) is 9.78. The van der Waals surface area contributed by atoms with Gasteiger partial charge < -0.3 is 14.4 Å². The number of hydrogen-bond donors (Lipinski definition) is 1. The largest absolute Gasteiger partial charge is 0.441 e. The standard InChI is InChI=1S/C17H18N2O3/c20-11-17(7-8-17)16(21)19-9-6-14-13(10-19)18-15(22-14)12-4-2-1-3-5-12/h1-5,20H,6-11H2. The lowest BCUT2D eigenvalue weighted by Crippen LogP contribution is -2.41. The number of nitrogens with zero attached hydrogens (tertiary/aromatic N) is 2. The third-order valence-electron chi connectivity index (χ3n) is 4.65. The van der Waals surface area contributed by atoms with Crippen molar-refractivity contribution in [1.82, 2.24) is 9.88 Å². The summed E-state index contributed by atoms with van der Waals surface area (Å²) in [5, 5.41) is 9.42. The molecule has 1 aliphatic carbocycles. The molecule has 1 fully saturated rings. The number of aliphatic hydroxyl groups excluding tert-OH is 1. The average molecular weight is 298 g/mol.